The molecule has 0 aliphatic carbocycles. The standard InChI is InChI=1S/C30H27N5O2/c1-19(18-36)35-14-10-21(11-15-35)20-2-5-25(6-3-20)33-29-28-24(9-13-32-30(28)37)17-27(34-29)22-4-7-26-23(16-22)8-12-31-26/h2-9,12-13,16-17,21,31H,10-11,14-15H2,1H3,(H,32,37)(H,33,34). The van der Waals surface area contributed by atoms with E-state index >= 15 is 0 Å². The average molecular weight is 490 g/mol. The number of anilines is 2. The minimum atomic E-state index is -0.178. The van der Waals surface area contributed by atoms with E-state index in [2.05, 4.69) is 38.4 Å². The topological polar surface area (TPSA) is 93.9 Å². The molecule has 4 heterocycles. The summed E-state index contributed by atoms with van der Waals surface area (Å²) in [6, 6.07) is 20.4. The third kappa shape index (κ3) is 4.41. The average Bonchev–Trinajstić information content (AvgIpc) is 3.41. The molecule has 2 aromatic carbocycles. The van der Waals surface area contributed by atoms with Crippen LogP contribution in [0.15, 0.2) is 83.5 Å². The van der Waals surface area contributed by atoms with Crippen LogP contribution in [0.3, 0.4) is 0 Å². The van der Waals surface area contributed by atoms with Gasteiger partial charge in [-0.3, -0.25) is 4.79 Å². The van der Waals surface area contributed by atoms with Gasteiger partial charge in [0.1, 0.15) is 11.8 Å². The highest BCUT2D eigenvalue weighted by molar-refractivity contribution is 5.96. The van der Waals surface area contributed by atoms with Crippen molar-refractivity contribution in [2.75, 3.05) is 18.4 Å². The number of allylic oxidation sites excluding steroid dienone is 1. The number of rotatable bonds is 5. The van der Waals surface area contributed by atoms with Crippen LogP contribution in [0.5, 0.6) is 0 Å². The number of hydrogen-bond acceptors (Lipinski definition) is 5. The third-order valence-electron chi connectivity index (χ3n) is 7.37. The van der Waals surface area contributed by atoms with Gasteiger partial charge in [0.05, 0.1) is 16.8 Å². The fourth-order valence-corrected chi connectivity index (χ4v) is 5.25. The summed E-state index contributed by atoms with van der Waals surface area (Å²) >= 11 is 0. The highest BCUT2D eigenvalue weighted by Gasteiger charge is 2.21. The zero-order chi connectivity index (χ0) is 25.4. The molecule has 7 heteroatoms. The first-order valence-corrected chi connectivity index (χ1v) is 12.5. The molecule has 1 aliphatic rings. The van der Waals surface area contributed by atoms with Crippen molar-refractivity contribution >= 4 is 39.1 Å². The number of fused-ring (bicyclic) bond motifs is 2. The quantitative estimate of drug-likeness (QED) is 0.274. The Labute approximate surface area is 213 Å². The predicted octanol–water partition coefficient (Wildman–Crippen LogP) is 5.73. The van der Waals surface area contributed by atoms with E-state index in [4.69, 9.17) is 4.98 Å². The summed E-state index contributed by atoms with van der Waals surface area (Å²) in [5.41, 5.74) is 5.51. The molecular weight excluding hydrogens is 462 g/mol. The summed E-state index contributed by atoms with van der Waals surface area (Å²) in [7, 11) is 0. The van der Waals surface area contributed by atoms with E-state index in [1.54, 1.807) is 6.20 Å². The molecule has 0 unspecified atom stereocenters. The fourth-order valence-electron chi connectivity index (χ4n) is 5.25. The summed E-state index contributed by atoms with van der Waals surface area (Å²) in [6.07, 6.45) is 5.59. The third-order valence-corrected chi connectivity index (χ3v) is 7.37. The number of H-pyrrole nitrogens is 2. The number of piperidine rings is 1. The number of carbonyl (C=O) groups excluding carboxylic acids is 1. The van der Waals surface area contributed by atoms with Gasteiger partial charge in [0.2, 0.25) is 0 Å². The van der Waals surface area contributed by atoms with Crippen molar-refractivity contribution < 1.29 is 4.79 Å². The molecule has 0 atom stereocenters. The van der Waals surface area contributed by atoms with Crippen molar-refractivity contribution in [1.82, 2.24) is 19.9 Å². The second-order valence-corrected chi connectivity index (χ2v) is 9.60. The van der Waals surface area contributed by atoms with Crippen molar-refractivity contribution in [2.45, 2.75) is 25.7 Å². The molecule has 0 bridgehead atoms. The molecule has 0 amide bonds. The van der Waals surface area contributed by atoms with E-state index in [9.17, 15) is 9.59 Å². The van der Waals surface area contributed by atoms with Crippen LogP contribution < -0.4 is 10.9 Å². The van der Waals surface area contributed by atoms with Crippen LogP contribution in [-0.2, 0) is 4.79 Å². The molecule has 5 aromatic rings. The molecule has 0 spiro atoms. The number of likely N-dealkylation sites (tertiary alicyclic amines) is 1. The molecule has 6 rings (SSSR count). The van der Waals surface area contributed by atoms with Gasteiger partial charge < -0.3 is 20.2 Å². The monoisotopic (exact) mass is 489 g/mol. The minimum absolute atomic E-state index is 0.178. The highest BCUT2D eigenvalue weighted by atomic mass is 16.1. The maximum absolute atomic E-state index is 12.8. The molecule has 3 N–H and O–H groups in total. The van der Waals surface area contributed by atoms with Crippen LogP contribution in [0.1, 0.15) is 31.2 Å². The Balaban J connectivity index is 1.30. The number of pyridine rings is 2. The van der Waals surface area contributed by atoms with Crippen molar-refractivity contribution in [3.05, 3.63) is 94.7 Å². The molecule has 0 saturated carbocycles. The first-order chi connectivity index (χ1) is 18.1. The van der Waals surface area contributed by atoms with Crippen LogP contribution >= 0.6 is 0 Å². The van der Waals surface area contributed by atoms with Gasteiger partial charge in [0.25, 0.3) is 5.56 Å². The maximum Gasteiger partial charge on any atom is 0.259 e. The first kappa shape index (κ1) is 22.8. The largest absolute Gasteiger partial charge is 0.366 e. The van der Waals surface area contributed by atoms with E-state index < -0.39 is 0 Å². The van der Waals surface area contributed by atoms with E-state index in [1.165, 1.54) is 5.56 Å². The maximum atomic E-state index is 12.8. The number of hydrogen-bond donors (Lipinski definition) is 3. The van der Waals surface area contributed by atoms with Crippen molar-refractivity contribution in [3.63, 3.8) is 0 Å². The van der Waals surface area contributed by atoms with Crippen LogP contribution in [-0.4, -0.2) is 38.9 Å². The number of benzene rings is 2. The van der Waals surface area contributed by atoms with Gasteiger partial charge in [-0.2, -0.15) is 0 Å². The van der Waals surface area contributed by atoms with Gasteiger partial charge in [-0.1, -0.05) is 18.2 Å². The normalized spacial score (nSPS) is 14.1. The molecule has 37 heavy (non-hydrogen) atoms. The zero-order valence-corrected chi connectivity index (χ0v) is 20.5. The minimum Gasteiger partial charge on any atom is -0.366 e. The molecule has 3 aromatic heterocycles. The molecule has 1 aliphatic heterocycles. The second kappa shape index (κ2) is 9.45. The Bertz CT molecular complexity index is 1700. The zero-order valence-electron chi connectivity index (χ0n) is 20.5. The van der Waals surface area contributed by atoms with Crippen LogP contribution in [0.25, 0.3) is 32.9 Å². The summed E-state index contributed by atoms with van der Waals surface area (Å²) < 4.78 is 0. The Morgan fingerprint density at radius 1 is 0.973 bits per heavy atom. The molecule has 0 radical (unpaired) electrons. The van der Waals surface area contributed by atoms with Gasteiger partial charge in [-0.25, -0.2) is 9.78 Å². The summed E-state index contributed by atoms with van der Waals surface area (Å²) in [5, 5.41) is 5.87. The Morgan fingerprint density at radius 3 is 2.51 bits per heavy atom. The van der Waals surface area contributed by atoms with E-state index in [1.807, 2.05) is 61.5 Å². The van der Waals surface area contributed by atoms with Crippen LogP contribution in [0, 0.1) is 0 Å². The van der Waals surface area contributed by atoms with E-state index in [0.29, 0.717) is 22.8 Å². The van der Waals surface area contributed by atoms with Gasteiger partial charge >= 0.3 is 0 Å². The summed E-state index contributed by atoms with van der Waals surface area (Å²) in [5.74, 6) is 2.99. The van der Waals surface area contributed by atoms with Crippen LogP contribution in [0.2, 0.25) is 0 Å². The summed E-state index contributed by atoms with van der Waals surface area (Å²) in [6.45, 7) is 3.56. The number of aromatic nitrogens is 3. The lowest BCUT2D eigenvalue weighted by molar-refractivity contribution is 0.265. The first-order valence-electron chi connectivity index (χ1n) is 12.5. The van der Waals surface area contributed by atoms with Crippen LogP contribution in [0.4, 0.5) is 11.5 Å². The Hall–Kier alpha value is -4.61. The van der Waals surface area contributed by atoms with Gasteiger partial charge in [-0.05, 0) is 79.1 Å². The van der Waals surface area contributed by atoms with Gasteiger partial charge in [-0.15, -0.1) is 0 Å². The van der Waals surface area contributed by atoms with Crippen molar-refractivity contribution in [1.29, 1.82) is 0 Å². The second-order valence-electron chi connectivity index (χ2n) is 9.60. The van der Waals surface area contributed by atoms with E-state index in [0.717, 1.165) is 59.2 Å². The smallest absolute Gasteiger partial charge is 0.259 e. The number of aromatic amines is 2. The highest BCUT2D eigenvalue weighted by Crippen LogP contribution is 2.32. The van der Waals surface area contributed by atoms with Gasteiger partial charge in [0.15, 0.2) is 0 Å². The van der Waals surface area contributed by atoms with Gasteiger partial charge in [0, 0.05) is 47.6 Å². The lowest BCUT2D eigenvalue weighted by Gasteiger charge is -2.33. The Kier molecular flexibility index (Phi) is 5.83. The number of nitrogens with zero attached hydrogens (tertiary/aromatic N) is 2. The lowest BCUT2D eigenvalue weighted by Crippen LogP contribution is -2.31. The SMILES string of the molecule is CC(=C=O)N1CCC(c2ccc(Nc3nc(-c4ccc5[nH]ccc5c4)cc4cc[nH]c(=O)c34)cc2)CC1. The summed E-state index contributed by atoms with van der Waals surface area (Å²) in [4.78, 5) is 36.7. The Morgan fingerprint density at radius 2 is 1.73 bits per heavy atom. The van der Waals surface area contributed by atoms with E-state index in [-0.39, 0.29) is 5.56 Å². The number of nitrogens with one attached hydrogen (secondary N) is 3. The molecule has 184 valence electrons. The molecule has 1 saturated heterocycles. The van der Waals surface area contributed by atoms with Crippen molar-refractivity contribution in [3.8, 4) is 11.3 Å². The fraction of sp³-hybridized carbons (Fsp3) is 0.200. The molecule has 1 fully saturated rings. The lowest BCUT2D eigenvalue weighted by atomic mass is 9.89. The molecular formula is C30H27N5O2. The predicted molar refractivity (Wildman–Crippen MR) is 148 cm³/mol. The molecule has 7 nitrogen and oxygen atoms in total. The van der Waals surface area contributed by atoms with Crippen molar-refractivity contribution in [2.24, 2.45) is 0 Å².